The number of non-ortho nitro benzene ring substituents is 1. The first-order valence-corrected chi connectivity index (χ1v) is 6.95. The molecule has 1 aromatic rings. The zero-order valence-electron chi connectivity index (χ0n) is 11.0. The highest BCUT2D eigenvalue weighted by atomic mass is 35.5. The molecule has 1 aromatic carbocycles. The van der Waals surface area contributed by atoms with E-state index in [1.165, 1.54) is 6.07 Å². The average Bonchev–Trinajstić information content (AvgIpc) is 2.76. The molecule has 112 valence electrons. The highest BCUT2D eigenvalue weighted by Crippen LogP contribution is 2.38. The van der Waals surface area contributed by atoms with Crippen LogP contribution in [0, 0.1) is 10.1 Å². The molecule has 2 fully saturated rings. The predicted octanol–water partition coefficient (Wildman–Crippen LogP) is 2.31. The highest BCUT2D eigenvalue weighted by molar-refractivity contribution is 6.34. The minimum atomic E-state index is -1.23. The van der Waals surface area contributed by atoms with E-state index in [2.05, 4.69) is 0 Å². The summed E-state index contributed by atoms with van der Waals surface area (Å²) in [4.78, 5) is 23.5. The number of halogens is 1. The van der Waals surface area contributed by atoms with E-state index in [-0.39, 0.29) is 28.5 Å². The molecule has 0 spiro atoms. The van der Waals surface area contributed by atoms with Crippen LogP contribution in [-0.4, -0.2) is 41.3 Å². The number of nitrogens with zero attached hydrogens (tertiary/aromatic N) is 2. The van der Waals surface area contributed by atoms with Crippen LogP contribution in [0.5, 0.6) is 0 Å². The van der Waals surface area contributed by atoms with E-state index >= 15 is 0 Å². The number of carbonyl (C=O) groups is 1. The number of anilines is 1. The normalized spacial score (nSPS) is 24.1. The van der Waals surface area contributed by atoms with Gasteiger partial charge in [0, 0.05) is 25.2 Å². The van der Waals surface area contributed by atoms with E-state index in [0.717, 1.165) is 18.9 Å². The molecular formula is C13H13ClN2O5. The molecule has 2 aliphatic heterocycles. The van der Waals surface area contributed by atoms with Gasteiger partial charge in [0.1, 0.15) is 0 Å². The molecule has 2 heterocycles. The summed E-state index contributed by atoms with van der Waals surface area (Å²) in [5, 5.41) is 20.3. The van der Waals surface area contributed by atoms with Crippen LogP contribution in [0.4, 0.5) is 11.4 Å². The number of carboxylic acids is 1. The van der Waals surface area contributed by atoms with Crippen LogP contribution < -0.4 is 4.90 Å². The Bertz CT molecular complexity index is 609. The van der Waals surface area contributed by atoms with Gasteiger partial charge in [0.2, 0.25) is 0 Å². The second-order valence-corrected chi connectivity index (χ2v) is 5.66. The third-order valence-corrected chi connectivity index (χ3v) is 4.14. The highest BCUT2D eigenvalue weighted by Gasteiger charge is 2.36. The molecule has 0 aliphatic carbocycles. The SMILES string of the molecule is O=C(O)c1cc([N+](=O)[O-])cc(Cl)c1N1CC2CCC(C1)O2. The quantitative estimate of drug-likeness (QED) is 0.680. The molecule has 8 heteroatoms. The first-order valence-electron chi connectivity index (χ1n) is 6.57. The van der Waals surface area contributed by atoms with Crippen molar-refractivity contribution in [2.45, 2.75) is 25.0 Å². The maximum atomic E-state index is 11.4. The Kier molecular flexibility index (Phi) is 3.46. The molecule has 2 bridgehead atoms. The molecule has 2 atom stereocenters. The lowest BCUT2D eigenvalue weighted by Crippen LogP contribution is -2.43. The number of ether oxygens (including phenoxy) is 1. The van der Waals surface area contributed by atoms with E-state index in [1.807, 2.05) is 4.90 Å². The molecule has 7 nitrogen and oxygen atoms in total. The van der Waals surface area contributed by atoms with Crippen molar-refractivity contribution in [2.24, 2.45) is 0 Å². The Labute approximate surface area is 125 Å². The number of aromatic carboxylic acids is 1. The van der Waals surface area contributed by atoms with E-state index < -0.39 is 10.9 Å². The van der Waals surface area contributed by atoms with E-state index in [4.69, 9.17) is 16.3 Å². The Morgan fingerprint density at radius 1 is 1.38 bits per heavy atom. The van der Waals surface area contributed by atoms with Gasteiger partial charge in [0.25, 0.3) is 5.69 Å². The fourth-order valence-corrected chi connectivity index (χ4v) is 3.31. The van der Waals surface area contributed by atoms with Gasteiger partial charge in [0.05, 0.1) is 33.4 Å². The van der Waals surface area contributed by atoms with Crippen molar-refractivity contribution < 1.29 is 19.6 Å². The van der Waals surface area contributed by atoms with Gasteiger partial charge in [-0.3, -0.25) is 10.1 Å². The second kappa shape index (κ2) is 5.16. The van der Waals surface area contributed by atoms with E-state index in [1.54, 1.807) is 0 Å². The number of rotatable bonds is 3. The third kappa shape index (κ3) is 2.54. The van der Waals surface area contributed by atoms with Crippen molar-refractivity contribution in [2.75, 3.05) is 18.0 Å². The third-order valence-electron chi connectivity index (χ3n) is 3.85. The van der Waals surface area contributed by atoms with Crippen molar-refractivity contribution in [3.63, 3.8) is 0 Å². The summed E-state index contributed by atoms with van der Waals surface area (Å²) in [5.74, 6) is -1.23. The number of hydrogen-bond acceptors (Lipinski definition) is 5. The number of morpholine rings is 1. The summed E-state index contributed by atoms with van der Waals surface area (Å²) < 4.78 is 5.71. The number of benzene rings is 1. The Morgan fingerprint density at radius 2 is 2.00 bits per heavy atom. The fraction of sp³-hybridized carbons (Fsp3) is 0.462. The molecular weight excluding hydrogens is 300 g/mol. The molecule has 2 saturated heterocycles. The van der Waals surface area contributed by atoms with Crippen LogP contribution in [0.15, 0.2) is 12.1 Å². The smallest absolute Gasteiger partial charge is 0.338 e. The molecule has 1 N–H and O–H groups in total. The van der Waals surface area contributed by atoms with Gasteiger partial charge in [0.15, 0.2) is 0 Å². The topological polar surface area (TPSA) is 92.9 Å². The van der Waals surface area contributed by atoms with Gasteiger partial charge in [-0.25, -0.2) is 4.79 Å². The second-order valence-electron chi connectivity index (χ2n) is 5.25. The van der Waals surface area contributed by atoms with Crippen LogP contribution in [-0.2, 0) is 4.74 Å². The predicted molar refractivity (Wildman–Crippen MR) is 75.2 cm³/mol. The van der Waals surface area contributed by atoms with E-state index in [0.29, 0.717) is 18.8 Å². The number of nitro benzene ring substituents is 1. The maximum absolute atomic E-state index is 11.4. The summed E-state index contributed by atoms with van der Waals surface area (Å²) in [5.41, 5.74) is -0.122. The minimum absolute atomic E-state index is 0.0663. The molecule has 3 rings (SSSR count). The van der Waals surface area contributed by atoms with Crippen molar-refractivity contribution in [3.8, 4) is 0 Å². The van der Waals surface area contributed by atoms with Gasteiger partial charge in [-0.1, -0.05) is 11.6 Å². The summed E-state index contributed by atoms with van der Waals surface area (Å²) >= 11 is 6.12. The fourth-order valence-electron chi connectivity index (χ4n) is 2.97. The minimum Gasteiger partial charge on any atom is -0.478 e. The van der Waals surface area contributed by atoms with Gasteiger partial charge in [-0.05, 0) is 12.8 Å². The summed E-state index contributed by atoms with van der Waals surface area (Å²) in [6.07, 6.45) is 2.01. The lowest BCUT2D eigenvalue weighted by molar-refractivity contribution is -0.384. The average molecular weight is 313 g/mol. The molecule has 0 saturated carbocycles. The largest absolute Gasteiger partial charge is 0.478 e. The molecule has 0 aromatic heterocycles. The number of hydrogen-bond donors (Lipinski definition) is 1. The van der Waals surface area contributed by atoms with Crippen LogP contribution in [0.25, 0.3) is 0 Å². The number of nitro groups is 1. The number of carboxylic acid groups (broad SMARTS) is 1. The summed E-state index contributed by atoms with van der Waals surface area (Å²) in [6, 6.07) is 2.25. The van der Waals surface area contributed by atoms with Gasteiger partial charge < -0.3 is 14.7 Å². The zero-order chi connectivity index (χ0) is 15.1. The van der Waals surface area contributed by atoms with Gasteiger partial charge >= 0.3 is 5.97 Å². The first-order chi connectivity index (χ1) is 9.95. The van der Waals surface area contributed by atoms with Crippen LogP contribution in [0.3, 0.4) is 0 Å². The Morgan fingerprint density at radius 3 is 2.52 bits per heavy atom. The van der Waals surface area contributed by atoms with Crippen LogP contribution in [0.1, 0.15) is 23.2 Å². The number of fused-ring (bicyclic) bond motifs is 2. The monoisotopic (exact) mass is 312 g/mol. The van der Waals surface area contributed by atoms with Gasteiger partial charge in [-0.15, -0.1) is 0 Å². The summed E-state index contributed by atoms with van der Waals surface area (Å²) in [7, 11) is 0. The van der Waals surface area contributed by atoms with Crippen molar-refractivity contribution in [3.05, 3.63) is 32.8 Å². The van der Waals surface area contributed by atoms with Crippen molar-refractivity contribution in [1.82, 2.24) is 0 Å². The maximum Gasteiger partial charge on any atom is 0.338 e. The zero-order valence-corrected chi connectivity index (χ0v) is 11.7. The van der Waals surface area contributed by atoms with Crippen LogP contribution in [0.2, 0.25) is 5.02 Å². The summed E-state index contributed by atoms with van der Waals surface area (Å²) in [6.45, 7) is 1.10. The molecule has 0 amide bonds. The first kappa shape index (κ1) is 14.1. The lowest BCUT2D eigenvalue weighted by atomic mass is 10.1. The van der Waals surface area contributed by atoms with Crippen molar-refractivity contribution in [1.29, 1.82) is 0 Å². The van der Waals surface area contributed by atoms with Crippen LogP contribution >= 0.6 is 11.6 Å². The van der Waals surface area contributed by atoms with Gasteiger partial charge in [-0.2, -0.15) is 0 Å². The van der Waals surface area contributed by atoms with E-state index in [9.17, 15) is 20.0 Å². The standard InChI is InChI=1S/C13H13ClN2O5/c14-11-4-7(16(19)20)3-10(13(17)18)12(11)15-5-8-1-2-9(6-15)21-8/h3-4,8-9H,1-2,5-6H2,(H,17,18). The molecule has 2 aliphatic rings. The molecule has 0 radical (unpaired) electrons. The van der Waals surface area contributed by atoms with Crippen molar-refractivity contribution >= 4 is 28.9 Å². The Balaban J connectivity index is 2.04. The Hall–Kier alpha value is -1.86. The lowest BCUT2D eigenvalue weighted by Gasteiger charge is -2.35. The molecule has 2 unspecified atom stereocenters. The molecule has 21 heavy (non-hydrogen) atoms.